The lowest BCUT2D eigenvalue weighted by atomic mass is 9.68. The highest BCUT2D eigenvalue weighted by atomic mass is 14.4. The predicted molar refractivity (Wildman–Crippen MR) is 124 cm³/mol. The van der Waals surface area contributed by atoms with Crippen molar-refractivity contribution in [1.82, 2.24) is 0 Å². The maximum atomic E-state index is 2.51. The third kappa shape index (κ3) is 6.93. The number of aryl methyl sites for hydroxylation is 2. The number of benzene rings is 1. The van der Waals surface area contributed by atoms with E-state index in [0.29, 0.717) is 0 Å². The van der Waals surface area contributed by atoms with Gasteiger partial charge in [0.2, 0.25) is 0 Å². The lowest BCUT2D eigenvalue weighted by molar-refractivity contribution is 0.128. The summed E-state index contributed by atoms with van der Waals surface area (Å²) >= 11 is 0. The topological polar surface area (TPSA) is 0 Å². The molecular formula is C28H46. The predicted octanol–water partition coefficient (Wildman–Crippen LogP) is 8.62. The van der Waals surface area contributed by atoms with Gasteiger partial charge in [0.25, 0.3) is 0 Å². The quantitative estimate of drug-likeness (QED) is 0.375. The summed E-state index contributed by atoms with van der Waals surface area (Å²) in [6.07, 6.45) is 20.0. The molecule has 0 amide bonds. The van der Waals surface area contributed by atoms with Gasteiger partial charge in [0.15, 0.2) is 0 Å². The van der Waals surface area contributed by atoms with Crippen molar-refractivity contribution in [3.8, 4) is 0 Å². The SMILES string of the molecule is CC1CC(C)C(C)C(CCCCCc2ccc(CCC3CCCCC3)cc2)C1. The van der Waals surface area contributed by atoms with Gasteiger partial charge >= 0.3 is 0 Å². The first-order valence-corrected chi connectivity index (χ1v) is 12.7. The molecule has 1 aromatic carbocycles. The van der Waals surface area contributed by atoms with Gasteiger partial charge in [0, 0.05) is 0 Å². The van der Waals surface area contributed by atoms with Crippen molar-refractivity contribution < 1.29 is 0 Å². The van der Waals surface area contributed by atoms with Crippen molar-refractivity contribution in [3.05, 3.63) is 35.4 Å². The molecule has 3 rings (SSSR count). The highest BCUT2D eigenvalue weighted by Gasteiger charge is 2.30. The monoisotopic (exact) mass is 382 g/mol. The summed E-state index contributed by atoms with van der Waals surface area (Å²) < 4.78 is 0. The summed E-state index contributed by atoms with van der Waals surface area (Å²) in [7, 11) is 0. The Bertz CT molecular complexity index is 536. The zero-order valence-electron chi connectivity index (χ0n) is 19.1. The summed E-state index contributed by atoms with van der Waals surface area (Å²) in [4.78, 5) is 0. The summed E-state index contributed by atoms with van der Waals surface area (Å²) in [5, 5.41) is 0. The second-order valence-corrected chi connectivity index (χ2v) is 10.6. The first-order valence-electron chi connectivity index (χ1n) is 12.7. The smallest absolute Gasteiger partial charge is 0.0276 e. The lowest BCUT2D eigenvalue weighted by Gasteiger charge is -2.38. The standard InChI is InChI=1S/C28H46/c1-22-20-23(2)24(3)28(21-22)13-9-5-8-12-26-15-18-27(19-16-26)17-14-25-10-6-4-7-11-25/h15-16,18-19,22-25,28H,4-14,17,20-21H2,1-3H3. The molecule has 4 unspecified atom stereocenters. The van der Waals surface area contributed by atoms with E-state index in [1.54, 1.807) is 11.1 Å². The summed E-state index contributed by atoms with van der Waals surface area (Å²) in [5.74, 6) is 4.82. The Morgan fingerprint density at radius 1 is 0.714 bits per heavy atom. The molecule has 0 radical (unpaired) electrons. The van der Waals surface area contributed by atoms with Crippen LogP contribution in [-0.2, 0) is 12.8 Å². The summed E-state index contributed by atoms with van der Waals surface area (Å²) in [5.41, 5.74) is 3.11. The van der Waals surface area contributed by atoms with E-state index in [0.717, 1.165) is 29.6 Å². The Morgan fingerprint density at radius 3 is 2.11 bits per heavy atom. The maximum absolute atomic E-state index is 2.51. The Kier molecular flexibility index (Phi) is 8.94. The van der Waals surface area contributed by atoms with Crippen molar-refractivity contribution in [2.45, 2.75) is 111 Å². The molecule has 158 valence electrons. The largest absolute Gasteiger partial charge is 0.0625 e. The van der Waals surface area contributed by atoms with Crippen LogP contribution < -0.4 is 0 Å². The van der Waals surface area contributed by atoms with Crippen molar-refractivity contribution in [3.63, 3.8) is 0 Å². The normalized spacial score (nSPS) is 29.1. The molecule has 0 bridgehead atoms. The molecule has 0 saturated heterocycles. The molecule has 0 heterocycles. The molecule has 1 aromatic rings. The lowest BCUT2D eigenvalue weighted by Crippen LogP contribution is -2.28. The molecule has 28 heavy (non-hydrogen) atoms. The molecule has 0 heteroatoms. The zero-order valence-corrected chi connectivity index (χ0v) is 19.1. The molecule has 2 saturated carbocycles. The molecule has 2 aliphatic carbocycles. The van der Waals surface area contributed by atoms with Crippen molar-refractivity contribution in [2.24, 2.45) is 29.6 Å². The van der Waals surface area contributed by atoms with Crippen molar-refractivity contribution >= 4 is 0 Å². The van der Waals surface area contributed by atoms with Gasteiger partial charge in [0.1, 0.15) is 0 Å². The molecular weight excluding hydrogens is 336 g/mol. The van der Waals surface area contributed by atoms with Crippen LogP contribution in [0.4, 0.5) is 0 Å². The fourth-order valence-electron chi connectivity index (χ4n) is 6.15. The highest BCUT2D eigenvalue weighted by Crippen LogP contribution is 2.40. The Balaban J connectivity index is 1.29. The van der Waals surface area contributed by atoms with Gasteiger partial charge in [-0.25, -0.2) is 0 Å². The van der Waals surface area contributed by atoms with Crippen LogP contribution in [-0.4, -0.2) is 0 Å². The fraction of sp³-hybridized carbons (Fsp3) is 0.786. The van der Waals surface area contributed by atoms with Crippen LogP contribution in [0.1, 0.15) is 109 Å². The molecule has 0 aliphatic heterocycles. The van der Waals surface area contributed by atoms with Gasteiger partial charge < -0.3 is 0 Å². The van der Waals surface area contributed by atoms with Crippen LogP contribution in [0.2, 0.25) is 0 Å². The van der Waals surface area contributed by atoms with E-state index in [-0.39, 0.29) is 0 Å². The zero-order chi connectivity index (χ0) is 19.8. The molecule has 0 N–H and O–H groups in total. The van der Waals surface area contributed by atoms with Crippen LogP contribution in [0.25, 0.3) is 0 Å². The third-order valence-corrected chi connectivity index (χ3v) is 8.25. The number of unbranched alkanes of at least 4 members (excludes halogenated alkanes) is 2. The number of rotatable bonds is 9. The van der Waals surface area contributed by atoms with E-state index in [1.807, 2.05) is 0 Å². The molecule has 2 fully saturated rings. The second-order valence-electron chi connectivity index (χ2n) is 10.6. The van der Waals surface area contributed by atoms with Crippen LogP contribution >= 0.6 is 0 Å². The minimum atomic E-state index is 0.936. The summed E-state index contributed by atoms with van der Waals surface area (Å²) in [6.45, 7) is 7.46. The average Bonchev–Trinajstić information content (AvgIpc) is 2.71. The highest BCUT2D eigenvalue weighted by molar-refractivity contribution is 5.22. The van der Waals surface area contributed by atoms with Gasteiger partial charge in [-0.2, -0.15) is 0 Å². The molecule has 4 atom stereocenters. The van der Waals surface area contributed by atoms with Crippen molar-refractivity contribution in [2.75, 3.05) is 0 Å². The number of hydrogen-bond donors (Lipinski definition) is 0. The van der Waals surface area contributed by atoms with Gasteiger partial charge in [-0.1, -0.05) is 96.4 Å². The first kappa shape index (κ1) is 21.9. The van der Waals surface area contributed by atoms with Crippen molar-refractivity contribution in [1.29, 1.82) is 0 Å². The Morgan fingerprint density at radius 2 is 1.39 bits per heavy atom. The van der Waals surface area contributed by atoms with E-state index in [9.17, 15) is 0 Å². The van der Waals surface area contributed by atoms with E-state index in [4.69, 9.17) is 0 Å². The molecule has 0 aromatic heterocycles. The fourth-order valence-corrected chi connectivity index (χ4v) is 6.15. The van der Waals surface area contributed by atoms with E-state index >= 15 is 0 Å². The molecule has 2 aliphatic rings. The number of hydrogen-bond acceptors (Lipinski definition) is 0. The maximum Gasteiger partial charge on any atom is -0.0276 e. The van der Waals surface area contributed by atoms with E-state index in [1.165, 1.54) is 89.9 Å². The minimum absolute atomic E-state index is 0.936. The second kappa shape index (κ2) is 11.4. The Hall–Kier alpha value is -0.780. The Labute approximate surface area is 175 Å². The van der Waals surface area contributed by atoms with E-state index in [2.05, 4.69) is 45.0 Å². The third-order valence-electron chi connectivity index (χ3n) is 8.25. The molecule has 0 nitrogen and oxygen atoms in total. The first-order chi connectivity index (χ1) is 13.6. The summed E-state index contributed by atoms with van der Waals surface area (Å²) in [6, 6.07) is 9.63. The average molecular weight is 383 g/mol. The van der Waals surface area contributed by atoms with Gasteiger partial charge in [0.05, 0.1) is 0 Å². The van der Waals surface area contributed by atoms with Gasteiger partial charge in [-0.3, -0.25) is 0 Å². The molecule has 0 spiro atoms. The van der Waals surface area contributed by atoms with Crippen LogP contribution in [0.3, 0.4) is 0 Å². The van der Waals surface area contributed by atoms with Crippen LogP contribution in [0.15, 0.2) is 24.3 Å². The van der Waals surface area contributed by atoms with Crippen LogP contribution in [0, 0.1) is 29.6 Å². The van der Waals surface area contributed by atoms with Gasteiger partial charge in [-0.05, 0) is 79.2 Å². The van der Waals surface area contributed by atoms with Crippen LogP contribution in [0.5, 0.6) is 0 Å². The minimum Gasteiger partial charge on any atom is -0.0625 e. The van der Waals surface area contributed by atoms with E-state index < -0.39 is 0 Å². The van der Waals surface area contributed by atoms with Gasteiger partial charge in [-0.15, -0.1) is 0 Å².